The van der Waals surface area contributed by atoms with Crippen LogP contribution in [0.1, 0.15) is 11.1 Å². The highest BCUT2D eigenvalue weighted by Gasteiger charge is 2.28. The first-order valence-corrected chi connectivity index (χ1v) is 5.98. The van der Waals surface area contributed by atoms with Crippen molar-refractivity contribution in [3.63, 3.8) is 0 Å². The Bertz CT molecular complexity index is 527. The van der Waals surface area contributed by atoms with Gasteiger partial charge in [0, 0.05) is 26.2 Å². The zero-order valence-electron chi connectivity index (χ0n) is 10.3. The minimum atomic E-state index is -0.896. The minimum absolute atomic E-state index is 0.252. The molecule has 100 valence electrons. The number of hydrogen-bond acceptors (Lipinski definition) is 4. The van der Waals surface area contributed by atoms with Gasteiger partial charge in [0.15, 0.2) is 0 Å². The molecule has 1 fully saturated rings. The monoisotopic (exact) mass is 263 g/mol. The smallest absolute Gasteiger partial charge is 0.322 e. The molecular formula is C13H14FN3O2. The molecule has 0 radical (unpaired) electrons. The summed E-state index contributed by atoms with van der Waals surface area (Å²) in [6, 6.07) is 5.32. The van der Waals surface area contributed by atoms with Gasteiger partial charge in [-0.1, -0.05) is 6.07 Å². The molecule has 1 aromatic rings. The predicted molar refractivity (Wildman–Crippen MR) is 65.8 cm³/mol. The Morgan fingerprint density at radius 1 is 1.63 bits per heavy atom. The largest absolute Gasteiger partial charge is 0.480 e. The fourth-order valence-corrected chi connectivity index (χ4v) is 2.19. The maximum Gasteiger partial charge on any atom is 0.322 e. The van der Waals surface area contributed by atoms with Crippen LogP contribution < -0.4 is 5.32 Å². The lowest BCUT2D eigenvalue weighted by atomic mass is 10.1. The number of carboxylic acids is 1. The summed E-state index contributed by atoms with van der Waals surface area (Å²) in [4.78, 5) is 12.9. The lowest BCUT2D eigenvalue weighted by molar-refractivity contribution is -0.144. The Morgan fingerprint density at radius 3 is 3.11 bits per heavy atom. The molecule has 0 aliphatic carbocycles. The summed E-state index contributed by atoms with van der Waals surface area (Å²) in [6.45, 7) is 1.99. The van der Waals surface area contributed by atoms with E-state index in [0.29, 0.717) is 31.7 Å². The van der Waals surface area contributed by atoms with Gasteiger partial charge >= 0.3 is 5.97 Å². The van der Waals surface area contributed by atoms with Crippen LogP contribution in [0.15, 0.2) is 18.2 Å². The first-order chi connectivity index (χ1) is 9.11. The molecule has 0 spiro atoms. The third kappa shape index (κ3) is 3.08. The van der Waals surface area contributed by atoms with Crippen LogP contribution in [0, 0.1) is 17.1 Å². The number of hydrogen-bond donors (Lipinski definition) is 2. The van der Waals surface area contributed by atoms with Crippen molar-refractivity contribution in [1.29, 1.82) is 5.26 Å². The molecule has 1 unspecified atom stereocenters. The van der Waals surface area contributed by atoms with E-state index in [-0.39, 0.29) is 5.56 Å². The average Bonchev–Trinajstić information content (AvgIpc) is 2.41. The molecule has 1 atom stereocenters. The van der Waals surface area contributed by atoms with Gasteiger partial charge in [0.05, 0.1) is 11.6 Å². The summed E-state index contributed by atoms with van der Waals surface area (Å²) >= 11 is 0. The van der Waals surface area contributed by atoms with E-state index in [0.717, 1.165) is 0 Å². The number of halogens is 1. The van der Waals surface area contributed by atoms with E-state index in [1.165, 1.54) is 18.2 Å². The van der Waals surface area contributed by atoms with E-state index in [9.17, 15) is 9.18 Å². The third-order valence-electron chi connectivity index (χ3n) is 3.21. The Kier molecular flexibility index (Phi) is 4.10. The summed E-state index contributed by atoms with van der Waals surface area (Å²) in [7, 11) is 0. The van der Waals surface area contributed by atoms with Crippen molar-refractivity contribution in [1.82, 2.24) is 10.2 Å². The zero-order valence-corrected chi connectivity index (χ0v) is 10.3. The molecule has 1 aromatic carbocycles. The van der Waals surface area contributed by atoms with Crippen LogP contribution in [0.5, 0.6) is 0 Å². The quantitative estimate of drug-likeness (QED) is 0.833. The minimum Gasteiger partial charge on any atom is -0.480 e. The second kappa shape index (κ2) is 5.78. The van der Waals surface area contributed by atoms with Crippen LogP contribution >= 0.6 is 0 Å². The Balaban J connectivity index is 2.20. The summed E-state index contributed by atoms with van der Waals surface area (Å²) in [5.74, 6) is -1.36. The number of nitriles is 1. The van der Waals surface area contributed by atoms with E-state index in [2.05, 4.69) is 5.32 Å². The van der Waals surface area contributed by atoms with Crippen LogP contribution in [0.4, 0.5) is 4.39 Å². The van der Waals surface area contributed by atoms with E-state index in [4.69, 9.17) is 10.4 Å². The summed E-state index contributed by atoms with van der Waals surface area (Å²) in [6.07, 6.45) is 0. The van der Waals surface area contributed by atoms with Gasteiger partial charge in [-0.15, -0.1) is 0 Å². The number of aliphatic carboxylic acids is 1. The summed E-state index contributed by atoms with van der Waals surface area (Å²) in [5.41, 5.74) is 0.903. The van der Waals surface area contributed by atoms with Gasteiger partial charge in [0.2, 0.25) is 0 Å². The number of rotatable bonds is 3. The van der Waals surface area contributed by atoms with Crippen molar-refractivity contribution in [3.05, 3.63) is 35.1 Å². The molecule has 0 amide bonds. The molecule has 5 nitrogen and oxygen atoms in total. The topological polar surface area (TPSA) is 76.4 Å². The van der Waals surface area contributed by atoms with E-state index >= 15 is 0 Å². The number of nitrogens with one attached hydrogen (secondary N) is 1. The summed E-state index contributed by atoms with van der Waals surface area (Å²) < 4.78 is 13.0. The first kappa shape index (κ1) is 13.5. The fraction of sp³-hybridized carbons (Fsp3) is 0.385. The lowest BCUT2D eigenvalue weighted by Crippen LogP contribution is -2.54. The van der Waals surface area contributed by atoms with E-state index in [1.54, 1.807) is 4.90 Å². The second-order valence-corrected chi connectivity index (χ2v) is 4.44. The molecule has 2 N–H and O–H groups in total. The van der Waals surface area contributed by atoms with Crippen LogP contribution in [0.2, 0.25) is 0 Å². The van der Waals surface area contributed by atoms with Crippen LogP contribution in [0.3, 0.4) is 0 Å². The van der Waals surface area contributed by atoms with Crippen molar-refractivity contribution in [2.45, 2.75) is 12.6 Å². The van der Waals surface area contributed by atoms with Crippen molar-refractivity contribution >= 4 is 5.97 Å². The van der Waals surface area contributed by atoms with E-state index < -0.39 is 17.8 Å². The standard InChI is InChI=1S/C13H14FN3O2/c14-11-2-1-9(10(5-11)6-15)8-17-4-3-16-7-12(17)13(18)19/h1-2,5,12,16H,3-4,7-8H2,(H,18,19). The molecular weight excluding hydrogens is 249 g/mol. The Hall–Kier alpha value is -1.97. The predicted octanol–water partition coefficient (Wildman–Crippen LogP) is 0.556. The number of carboxylic acid groups (broad SMARTS) is 1. The average molecular weight is 263 g/mol. The highest BCUT2D eigenvalue weighted by Crippen LogP contribution is 2.15. The maximum atomic E-state index is 13.0. The number of benzene rings is 1. The van der Waals surface area contributed by atoms with Crippen LogP contribution in [-0.4, -0.2) is 41.7 Å². The van der Waals surface area contributed by atoms with Crippen molar-refractivity contribution < 1.29 is 14.3 Å². The van der Waals surface area contributed by atoms with Crippen LogP contribution in [-0.2, 0) is 11.3 Å². The normalized spacial score (nSPS) is 19.9. The molecule has 1 heterocycles. The molecule has 2 rings (SSSR count). The first-order valence-electron chi connectivity index (χ1n) is 5.98. The molecule has 0 aromatic heterocycles. The zero-order chi connectivity index (χ0) is 13.8. The second-order valence-electron chi connectivity index (χ2n) is 4.44. The van der Waals surface area contributed by atoms with E-state index in [1.807, 2.05) is 6.07 Å². The fourth-order valence-electron chi connectivity index (χ4n) is 2.19. The molecule has 0 saturated carbocycles. The lowest BCUT2D eigenvalue weighted by Gasteiger charge is -2.33. The van der Waals surface area contributed by atoms with Crippen molar-refractivity contribution in [2.24, 2.45) is 0 Å². The molecule has 1 aliphatic rings. The maximum absolute atomic E-state index is 13.0. The van der Waals surface area contributed by atoms with Gasteiger partial charge in [0.1, 0.15) is 11.9 Å². The highest BCUT2D eigenvalue weighted by molar-refractivity contribution is 5.74. The number of carbonyl (C=O) groups is 1. The molecule has 1 aliphatic heterocycles. The SMILES string of the molecule is N#Cc1cc(F)ccc1CN1CCNCC1C(=O)O. The Labute approximate surface area is 110 Å². The molecule has 6 heteroatoms. The van der Waals surface area contributed by atoms with Crippen molar-refractivity contribution in [3.8, 4) is 6.07 Å². The van der Waals surface area contributed by atoms with Gasteiger partial charge in [-0.25, -0.2) is 4.39 Å². The van der Waals surface area contributed by atoms with Gasteiger partial charge in [0.25, 0.3) is 0 Å². The number of piperazine rings is 1. The van der Waals surface area contributed by atoms with Gasteiger partial charge in [-0.3, -0.25) is 9.69 Å². The molecule has 1 saturated heterocycles. The number of nitrogens with zero attached hydrogens (tertiary/aromatic N) is 2. The Morgan fingerprint density at radius 2 is 2.42 bits per heavy atom. The van der Waals surface area contributed by atoms with Gasteiger partial charge in [-0.05, 0) is 17.7 Å². The molecule has 0 bridgehead atoms. The van der Waals surface area contributed by atoms with Gasteiger partial charge < -0.3 is 10.4 Å². The summed E-state index contributed by atoms with van der Waals surface area (Å²) in [5, 5.41) is 21.2. The van der Waals surface area contributed by atoms with Gasteiger partial charge in [-0.2, -0.15) is 5.26 Å². The third-order valence-corrected chi connectivity index (χ3v) is 3.21. The van der Waals surface area contributed by atoms with Crippen LogP contribution in [0.25, 0.3) is 0 Å². The highest BCUT2D eigenvalue weighted by atomic mass is 19.1. The molecule has 19 heavy (non-hydrogen) atoms. The van der Waals surface area contributed by atoms with Crippen molar-refractivity contribution in [2.75, 3.05) is 19.6 Å².